The number of benzene rings is 1. The SMILES string of the molecule is Cn1c(=O)c2nc(-c3cccs3)cc(-c3ccccc3)c2n(C)c1=O. The number of fused-ring (bicyclic) bond motifs is 1. The highest BCUT2D eigenvalue weighted by molar-refractivity contribution is 7.13. The van der Waals surface area contributed by atoms with E-state index in [1.165, 1.54) is 11.6 Å². The zero-order valence-electron chi connectivity index (χ0n) is 13.8. The van der Waals surface area contributed by atoms with Crippen LogP contribution >= 0.6 is 11.3 Å². The molecule has 0 radical (unpaired) electrons. The first-order valence-corrected chi connectivity index (χ1v) is 8.66. The quantitative estimate of drug-likeness (QED) is 0.559. The molecule has 0 atom stereocenters. The predicted octanol–water partition coefficient (Wildman–Crippen LogP) is 3.03. The average molecular weight is 349 g/mol. The Kier molecular flexibility index (Phi) is 3.62. The maximum Gasteiger partial charge on any atom is 0.331 e. The summed E-state index contributed by atoms with van der Waals surface area (Å²) in [5.74, 6) is 0. The number of nitrogens with zero attached hydrogens (tertiary/aromatic N) is 3. The van der Waals surface area contributed by atoms with Crippen molar-refractivity contribution in [2.45, 2.75) is 0 Å². The number of hydrogen-bond acceptors (Lipinski definition) is 4. The lowest BCUT2D eigenvalue weighted by Crippen LogP contribution is -2.37. The standard InChI is InChI=1S/C19H15N3O2S/c1-21-17-13(12-7-4-3-5-8-12)11-14(15-9-6-10-25-15)20-16(17)18(23)22(2)19(21)24/h3-11H,1-2H3. The van der Waals surface area contributed by atoms with Crippen LogP contribution in [0.1, 0.15) is 0 Å². The van der Waals surface area contributed by atoms with Gasteiger partial charge in [0.1, 0.15) is 0 Å². The van der Waals surface area contributed by atoms with Crippen molar-refractivity contribution in [3.8, 4) is 21.7 Å². The highest BCUT2D eigenvalue weighted by atomic mass is 32.1. The molecule has 0 N–H and O–H groups in total. The summed E-state index contributed by atoms with van der Waals surface area (Å²) in [6.45, 7) is 0. The largest absolute Gasteiger partial charge is 0.331 e. The van der Waals surface area contributed by atoms with E-state index in [1.54, 1.807) is 18.4 Å². The zero-order chi connectivity index (χ0) is 17.6. The molecule has 6 heteroatoms. The average Bonchev–Trinajstić information content (AvgIpc) is 3.19. The molecule has 0 aliphatic heterocycles. The fraction of sp³-hybridized carbons (Fsp3) is 0.105. The second kappa shape index (κ2) is 5.82. The molecule has 0 saturated carbocycles. The summed E-state index contributed by atoms with van der Waals surface area (Å²) < 4.78 is 2.59. The molecule has 0 unspecified atom stereocenters. The van der Waals surface area contributed by atoms with Crippen LogP contribution in [-0.2, 0) is 14.1 Å². The number of aryl methyl sites for hydroxylation is 1. The van der Waals surface area contributed by atoms with Gasteiger partial charge in [0, 0.05) is 19.7 Å². The molecule has 1 aromatic carbocycles. The van der Waals surface area contributed by atoms with Crippen molar-refractivity contribution in [1.82, 2.24) is 14.1 Å². The first kappa shape index (κ1) is 15.5. The molecular weight excluding hydrogens is 334 g/mol. The molecule has 0 saturated heterocycles. The fourth-order valence-electron chi connectivity index (χ4n) is 2.98. The summed E-state index contributed by atoms with van der Waals surface area (Å²) in [4.78, 5) is 30.7. The van der Waals surface area contributed by atoms with Crippen LogP contribution in [0, 0.1) is 0 Å². The normalized spacial score (nSPS) is 11.1. The number of aromatic nitrogens is 3. The van der Waals surface area contributed by atoms with E-state index in [1.807, 2.05) is 53.9 Å². The van der Waals surface area contributed by atoms with Crippen LogP contribution in [0.25, 0.3) is 32.7 Å². The molecule has 124 valence electrons. The third-order valence-corrected chi connectivity index (χ3v) is 5.16. The first-order valence-electron chi connectivity index (χ1n) is 7.78. The van der Waals surface area contributed by atoms with E-state index in [0.29, 0.717) is 11.0 Å². The van der Waals surface area contributed by atoms with E-state index >= 15 is 0 Å². The maximum atomic E-state index is 12.7. The van der Waals surface area contributed by atoms with Gasteiger partial charge in [-0.05, 0) is 23.1 Å². The molecule has 3 aromatic heterocycles. The van der Waals surface area contributed by atoms with Crippen LogP contribution in [0.15, 0.2) is 63.5 Å². The Bertz CT molecular complexity index is 1190. The van der Waals surface area contributed by atoms with Gasteiger partial charge in [-0.1, -0.05) is 36.4 Å². The van der Waals surface area contributed by atoms with Gasteiger partial charge in [0.05, 0.1) is 16.1 Å². The van der Waals surface area contributed by atoms with Crippen molar-refractivity contribution in [3.05, 3.63) is 74.7 Å². The van der Waals surface area contributed by atoms with Gasteiger partial charge < -0.3 is 0 Å². The van der Waals surface area contributed by atoms with Crippen LogP contribution < -0.4 is 11.2 Å². The highest BCUT2D eigenvalue weighted by Crippen LogP contribution is 2.31. The smallest absolute Gasteiger partial charge is 0.294 e. The summed E-state index contributed by atoms with van der Waals surface area (Å²) >= 11 is 1.57. The minimum absolute atomic E-state index is 0.300. The number of hydrogen-bond donors (Lipinski definition) is 0. The van der Waals surface area contributed by atoms with Crippen LogP contribution in [0.4, 0.5) is 0 Å². The van der Waals surface area contributed by atoms with Gasteiger partial charge in [0.2, 0.25) is 0 Å². The van der Waals surface area contributed by atoms with E-state index in [9.17, 15) is 9.59 Å². The molecule has 0 bridgehead atoms. The Hall–Kier alpha value is -2.99. The van der Waals surface area contributed by atoms with Crippen molar-refractivity contribution in [2.75, 3.05) is 0 Å². The molecular formula is C19H15N3O2S. The van der Waals surface area contributed by atoms with Gasteiger partial charge in [-0.15, -0.1) is 11.3 Å². The monoisotopic (exact) mass is 349 g/mol. The van der Waals surface area contributed by atoms with Crippen LogP contribution in [0.2, 0.25) is 0 Å². The third-order valence-electron chi connectivity index (χ3n) is 4.27. The molecule has 5 nitrogen and oxygen atoms in total. The fourth-order valence-corrected chi connectivity index (χ4v) is 3.67. The number of thiophene rings is 1. The van der Waals surface area contributed by atoms with Crippen molar-refractivity contribution >= 4 is 22.4 Å². The van der Waals surface area contributed by atoms with Gasteiger partial charge in [-0.3, -0.25) is 13.9 Å². The lowest BCUT2D eigenvalue weighted by atomic mass is 10.0. The first-order chi connectivity index (χ1) is 12.1. The third kappa shape index (κ3) is 2.42. The maximum absolute atomic E-state index is 12.7. The zero-order valence-corrected chi connectivity index (χ0v) is 14.6. The summed E-state index contributed by atoms with van der Waals surface area (Å²) in [6.07, 6.45) is 0. The lowest BCUT2D eigenvalue weighted by Gasteiger charge is -2.13. The van der Waals surface area contributed by atoms with Gasteiger partial charge in [0.15, 0.2) is 5.52 Å². The minimum Gasteiger partial charge on any atom is -0.294 e. The Labute approximate surface area is 147 Å². The van der Waals surface area contributed by atoms with Crippen molar-refractivity contribution in [3.63, 3.8) is 0 Å². The van der Waals surface area contributed by atoms with E-state index in [-0.39, 0.29) is 11.2 Å². The van der Waals surface area contributed by atoms with E-state index in [4.69, 9.17) is 0 Å². The van der Waals surface area contributed by atoms with Crippen LogP contribution in [0.3, 0.4) is 0 Å². The van der Waals surface area contributed by atoms with Crippen molar-refractivity contribution in [2.24, 2.45) is 14.1 Å². The topological polar surface area (TPSA) is 56.9 Å². The van der Waals surface area contributed by atoms with E-state index < -0.39 is 0 Å². The van der Waals surface area contributed by atoms with Crippen molar-refractivity contribution in [1.29, 1.82) is 0 Å². The molecule has 4 rings (SSSR count). The summed E-state index contributed by atoms with van der Waals surface area (Å²) in [6, 6.07) is 15.6. The van der Waals surface area contributed by atoms with E-state index in [0.717, 1.165) is 26.3 Å². The predicted molar refractivity (Wildman–Crippen MR) is 101 cm³/mol. The molecule has 0 amide bonds. The molecule has 3 heterocycles. The Morgan fingerprint density at radius 1 is 0.960 bits per heavy atom. The highest BCUT2D eigenvalue weighted by Gasteiger charge is 2.17. The van der Waals surface area contributed by atoms with E-state index in [2.05, 4.69) is 4.98 Å². The second-order valence-electron chi connectivity index (χ2n) is 5.80. The second-order valence-corrected chi connectivity index (χ2v) is 6.75. The molecule has 0 aliphatic rings. The molecule has 0 fully saturated rings. The number of rotatable bonds is 2. The Morgan fingerprint density at radius 3 is 2.40 bits per heavy atom. The minimum atomic E-state index is -0.381. The van der Waals surface area contributed by atoms with Gasteiger partial charge in [0.25, 0.3) is 5.56 Å². The van der Waals surface area contributed by atoms with Gasteiger partial charge in [-0.25, -0.2) is 9.78 Å². The molecule has 25 heavy (non-hydrogen) atoms. The van der Waals surface area contributed by atoms with Crippen molar-refractivity contribution < 1.29 is 0 Å². The Morgan fingerprint density at radius 2 is 1.72 bits per heavy atom. The van der Waals surface area contributed by atoms with Crippen LogP contribution in [-0.4, -0.2) is 14.1 Å². The molecule has 0 spiro atoms. The lowest BCUT2D eigenvalue weighted by molar-refractivity contribution is 0.711. The van der Waals surface area contributed by atoms with Gasteiger partial charge >= 0.3 is 5.69 Å². The summed E-state index contributed by atoms with van der Waals surface area (Å²) in [7, 11) is 3.15. The van der Waals surface area contributed by atoms with Gasteiger partial charge in [-0.2, -0.15) is 0 Å². The van der Waals surface area contributed by atoms with Crippen LogP contribution in [0.5, 0.6) is 0 Å². The molecule has 0 aliphatic carbocycles. The molecule has 4 aromatic rings. The Balaban J connectivity index is 2.22. The summed E-state index contributed by atoms with van der Waals surface area (Å²) in [5.41, 5.74) is 2.61. The number of pyridine rings is 1. The summed E-state index contributed by atoms with van der Waals surface area (Å²) in [5, 5.41) is 1.97.